The van der Waals surface area contributed by atoms with Crippen LogP contribution in [0.5, 0.6) is 0 Å². The van der Waals surface area contributed by atoms with Crippen LogP contribution in [0.1, 0.15) is 12.5 Å². The molecule has 0 amide bonds. The van der Waals surface area contributed by atoms with Crippen LogP contribution in [-0.2, 0) is 6.54 Å². The molecule has 0 aliphatic rings. The molecular formula is C12H19FN2O. The van der Waals surface area contributed by atoms with Gasteiger partial charge in [-0.3, -0.25) is 0 Å². The average molecular weight is 226 g/mol. The lowest BCUT2D eigenvalue weighted by Crippen LogP contribution is -2.22. The van der Waals surface area contributed by atoms with Crippen molar-refractivity contribution in [3.63, 3.8) is 0 Å². The highest BCUT2D eigenvalue weighted by Gasteiger charge is 2.07. The van der Waals surface area contributed by atoms with E-state index in [0.717, 1.165) is 18.7 Å². The second kappa shape index (κ2) is 6.45. The van der Waals surface area contributed by atoms with E-state index in [1.807, 2.05) is 13.0 Å². The van der Waals surface area contributed by atoms with Gasteiger partial charge in [-0.15, -0.1) is 0 Å². The Kier molecular flexibility index (Phi) is 5.22. The highest BCUT2D eigenvalue weighted by molar-refractivity contribution is 5.49. The van der Waals surface area contributed by atoms with E-state index in [2.05, 4.69) is 5.32 Å². The van der Waals surface area contributed by atoms with Crippen LogP contribution in [0, 0.1) is 5.82 Å². The van der Waals surface area contributed by atoms with E-state index in [-0.39, 0.29) is 12.4 Å². The minimum atomic E-state index is -0.254. The Morgan fingerprint density at radius 1 is 1.44 bits per heavy atom. The number of aliphatic hydroxyl groups excluding tert-OH is 1. The van der Waals surface area contributed by atoms with E-state index in [1.165, 1.54) is 6.07 Å². The molecule has 0 aliphatic carbocycles. The van der Waals surface area contributed by atoms with Gasteiger partial charge >= 0.3 is 0 Å². The van der Waals surface area contributed by atoms with E-state index in [9.17, 15) is 4.39 Å². The Morgan fingerprint density at radius 3 is 2.81 bits per heavy atom. The molecule has 0 unspecified atom stereocenters. The molecule has 16 heavy (non-hydrogen) atoms. The summed E-state index contributed by atoms with van der Waals surface area (Å²) in [5.41, 5.74) is 1.58. The molecule has 4 heteroatoms. The zero-order chi connectivity index (χ0) is 12.0. The molecule has 0 saturated carbocycles. The van der Waals surface area contributed by atoms with Crippen LogP contribution in [-0.4, -0.2) is 31.9 Å². The Labute approximate surface area is 95.9 Å². The van der Waals surface area contributed by atoms with E-state index < -0.39 is 0 Å². The Balaban J connectivity index is 2.81. The number of halogens is 1. The Bertz CT molecular complexity index is 331. The average Bonchev–Trinajstić information content (AvgIpc) is 2.28. The Morgan fingerprint density at radius 2 is 2.19 bits per heavy atom. The van der Waals surface area contributed by atoms with Crippen LogP contribution >= 0.6 is 0 Å². The lowest BCUT2D eigenvalue weighted by Gasteiger charge is -2.19. The molecule has 3 nitrogen and oxygen atoms in total. The van der Waals surface area contributed by atoms with Gasteiger partial charge in [0.25, 0.3) is 0 Å². The zero-order valence-electron chi connectivity index (χ0n) is 9.83. The fourth-order valence-corrected chi connectivity index (χ4v) is 1.50. The predicted molar refractivity (Wildman–Crippen MR) is 64.1 cm³/mol. The third-order valence-corrected chi connectivity index (χ3v) is 2.44. The number of nitrogens with zero attached hydrogens (tertiary/aromatic N) is 1. The van der Waals surface area contributed by atoms with Crippen LogP contribution in [0.2, 0.25) is 0 Å². The standard InChI is InChI=1S/C12H19FN2O/c1-3-14-9-10-4-5-11(13)12(8-10)15(2)6-7-16/h4-5,8,14,16H,3,6-7,9H2,1-2H3. The minimum Gasteiger partial charge on any atom is -0.395 e. The van der Waals surface area contributed by atoms with Crippen molar-refractivity contribution in [1.82, 2.24) is 5.32 Å². The molecule has 0 spiro atoms. The number of hydrogen-bond donors (Lipinski definition) is 2. The molecule has 1 rings (SSSR count). The summed E-state index contributed by atoms with van der Waals surface area (Å²) in [7, 11) is 1.77. The lowest BCUT2D eigenvalue weighted by molar-refractivity contribution is 0.303. The molecule has 0 bridgehead atoms. The summed E-state index contributed by atoms with van der Waals surface area (Å²) >= 11 is 0. The SMILES string of the molecule is CCNCc1ccc(F)c(N(C)CCO)c1. The summed E-state index contributed by atoms with van der Waals surface area (Å²) in [6.45, 7) is 4.10. The molecule has 0 heterocycles. The van der Waals surface area contributed by atoms with Gasteiger partial charge in [0.1, 0.15) is 5.82 Å². The van der Waals surface area contributed by atoms with Crippen molar-refractivity contribution in [2.45, 2.75) is 13.5 Å². The molecule has 0 aliphatic heterocycles. The second-order valence-corrected chi connectivity index (χ2v) is 3.71. The van der Waals surface area contributed by atoms with Crippen LogP contribution in [0.15, 0.2) is 18.2 Å². The number of hydrogen-bond acceptors (Lipinski definition) is 3. The maximum absolute atomic E-state index is 13.5. The Hall–Kier alpha value is -1.13. The summed E-state index contributed by atoms with van der Waals surface area (Å²) in [6, 6.07) is 5.05. The molecule has 1 aromatic rings. The van der Waals surface area contributed by atoms with Crippen molar-refractivity contribution >= 4 is 5.69 Å². The molecule has 90 valence electrons. The molecule has 0 atom stereocenters. The first-order valence-electron chi connectivity index (χ1n) is 5.50. The third kappa shape index (κ3) is 3.47. The van der Waals surface area contributed by atoms with Crippen molar-refractivity contribution < 1.29 is 9.50 Å². The molecule has 0 fully saturated rings. The smallest absolute Gasteiger partial charge is 0.146 e. The summed E-state index contributed by atoms with van der Waals surface area (Å²) in [4.78, 5) is 1.71. The maximum Gasteiger partial charge on any atom is 0.146 e. The van der Waals surface area contributed by atoms with Crippen LogP contribution in [0.3, 0.4) is 0 Å². The predicted octanol–water partition coefficient (Wildman–Crippen LogP) is 1.36. The van der Waals surface area contributed by atoms with Crippen LogP contribution in [0.25, 0.3) is 0 Å². The van der Waals surface area contributed by atoms with E-state index in [1.54, 1.807) is 18.0 Å². The fraction of sp³-hybridized carbons (Fsp3) is 0.500. The fourth-order valence-electron chi connectivity index (χ4n) is 1.50. The van der Waals surface area contributed by atoms with Gasteiger partial charge in [0.05, 0.1) is 12.3 Å². The molecule has 0 aromatic heterocycles. The van der Waals surface area contributed by atoms with E-state index in [0.29, 0.717) is 12.2 Å². The number of anilines is 1. The van der Waals surface area contributed by atoms with Crippen LogP contribution < -0.4 is 10.2 Å². The van der Waals surface area contributed by atoms with Crippen molar-refractivity contribution in [2.24, 2.45) is 0 Å². The normalized spacial score (nSPS) is 10.5. The van der Waals surface area contributed by atoms with Crippen LogP contribution in [0.4, 0.5) is 10.1 Å². The second-order valence-electron chi connectivity index (χ2n) is 3.71. The topological polar surface area (TPSA) is 35.5 Å². The van der Waals surface area contributed by atoms with Gasteiger partial charge in [0, 0.05) is 20.1 Å². The zero-order valence-corrected chi connectivity index (χ0v) is 9.83. The van der Waals surface area contributed by atoms with Crippen molar-refractivity contribution in [3.05, 3.63) is 29.6 Å². The first kappa shape index (κ1) is 12.9. The molecule has 2 N–H and O–H groups in total. The highest BCUT2D eigenvalue weighted by Crippen LogP contribution is 2.19. The highest BCUT2D eigenvalue weighted by atomic mass is 19.1. The first-order valence-corrected chi connectivity index (χ1v) is 5.50. The van der Waals surface area contributed by atoms with Gasteiger partial charge in [-0.2, -0.15) is 0 Å². The summed E-state index contributed by atoms with van der Waals surface area (Å²) in [6.07, 6.45) is 0. The van der Waals surface area contributed by atoms with Crippen molar-refractivity contribution in [1.29, 1.82) is 0 Å². The maximum atomic E-state index is 13.5. The summed E-state index contributed by atoms with van der Waals surface area (Å²) in [5.74, 6) is -0.254. The number of rotatable bonds is 6. The first-order chi connectivity index (χ1) is 7.69. The number of nitrogens with one attached hydrogen (secondary N) is 1. The van der Waals surface area contributed by atoms with Crippen molar-refractivity contribution in [2.75, 3.05) is 31.6 Å². The molecule has 1 aromatic carbocycles. The minimum absolute atomic E-state index is 0.0212. The number of aliphatic hydroxyl groups is 1. The lowest BCUT2D eigenvalue weighted by atomic mass is 10.1. The van der Waals surface area contributed by atoms with E-state index >= 15 is 0 Å². The van der Waals surface area contributed by atoms with Crippen molar-refractivity contribution in [3.8, 4) is 0 Å². The molecular weight excluding hydrogens is 207 g/mol. The summed E-state index contributed by atoms with van der Waals surface area (Å²) in [5, 5.41) is 12.0. The third-order valence-electron chi connectivity index (χ3n) is 2.44. The number of likely N-dealkylation sites (N-methyl/N-ethyl adjacent to an activating group) is 1. The molecule has 0 radical (unpaired) electrons. The quantitative estimate of drug-likeness (QED) is 0.769. The van der Waals surface area contributed by atoms with Gasteiger partial charge in [0.2, 0.25) is 0 Å². The van der Waals surface area contributed by atoms with Gasteiger partial charge in [-0.1, -0.05) is 13.0 Å². The van der Waals surface area contributed by atoms with Gasteiger partial charge in [-0.05, 0) is 24.2 Å². The largest absolute Gasteiger partial charge is 0.395 e. The summed E-state index contributed by atoms with van der Waals surface area (Å²) < 4.78 is 13.5. The van der Waals surface area contributed by atoms with Gasteiger partial charge < -0.3 is 15.3 Å². The van der Waals surface area contributed by atoms with E-state index in [4.69, 9.17) is 5.11 Å². The number of benzene rings is 1. The van der Waals surface area contributed by atoms with Gasteiger partial charge in [0.15, 0.2) is 0 Å². The molecule has 0 saturated heterocycles. The van der Waals surface area contributed by atoms with Gasteiger partial charge in [-0.25, -0.2) is 4.39 Å². The monoisotopic (exact) mass is 226 g/mol.